The van der Waals surface area contributed by atoms with E-state index in [1.54, 1.807) is 0 Å². The summed E-state index contributed by atoms with van der Waals surface area (Å²) in [5.74, 6) is -1.99. The van der Waals surface area contributed by atoms with E-state index in [9.17, 15) is 14.4 Å². The Morgan fingerprint density at radius 2 is 0.426 bits per heavy atom. The second-order valence-electron chi connectivity index (χ2n) is 17.2. The molecule has 0 saturated carbocycles. The fourth-order valence-corrected chi connectivity index (χ4v) is 7.04. The summed E-state index contributed by atoms with van der Waals surface area (Å²) in [5, 5.41) is 25.5. The van der Waals surface area contributed by atoms with Gasteiger partial charge in [0.1, 0.15) is 0 Å². The van der Waals surface area contributed by atoms with Gasteiger partial charge in [0.15, 0.2) is 0 Å². The molecule has 356 valence electrons. The number of carboxylic acids is 3. The van der Waals surface area contributed by atoms with Crippen molar-refractivity contribution < 1.29 is 60.7 Å². The molecule has 61 heavy (non-hydrogen) atoms. The number of carboxylic acid groups (broad SMARTS) is 3. The summed E-state index contributed by atoms with van der Waals surface area (Å²) in [5.41, 5.74) is 0. The van der Waals surface area contributed by atoms with Crippen molar-refractivity contribution in [2.45, 2.75) is 290 Å². The molecule has 0 aliphatic rings. The topological polar surface area (TPSA) is 112 Å². The molecule has 0 radical (unpaired) electrons. The number of carbonyl (C=O) groups is 3. The molecule has 7 heteroatoms. The van der Waals surface area contributed by atoms with Gasteiger partial charge in [-0.2, -0.15) is 0 Å². The van der Waals surface area contributed by atoms with Crippen LogP contribution in [0.2, 0.25) is 0 Å². The van der Waals surface area contributed by atoms with Gasteiger partial charge in [-0.05, 0) is 96.3 Å². The number of rotatable bonds is 45. The molecule has 0 bridgehead atoms. The van der Waals surface area contributed by atoms with Crippen molar-refractivity contribution in [2.24, 2.45) is 0 Å². The third-order valence-corrected chi connectivity index (χ3v) is 11.0. The van der Waals surface area contributed by atoms with Gasteiger partial charge in [-0.15, -0.1) is 0 Å². The zero-order valence-electron chi connectivity index (χ0n) is 42.2. The van der Waals surface area contributed by atoms with E-state index in [0.29, 0.717) is 19.3 Å². The predicted octanol–water partition coefficient (Wildman–Crippen LogP) is 15.4. The number of hydrogen-bond donors (Lipinski definition) is 3. The Balaban J connectivity index is -0.000000258. The molecule has 0 heterocycles. The summed E-state index contributed by atoms with van der Waals surface area (Å²) >= 11 is 0. The number of aliphatic carboxylic acids is 3. The third kappa shape index (κ3) is 76.3. The molecule has 6 nitrogen and oxygen atoms in total. The monoisotopic (exact) mass is 871 g/mol. The van der Waals surface area contributed by atoms with Crippen molar-refractivity contribution in [2.75, 3.05) is 0 Å². The Kier molecular flexibility index (Phi) is 68.3. The maximum atomic E-state index is 10.3. The van der Waals surface area contributed by atoms with E-state index in [4.69, 9.17) is 15.3 Å². The SMILES string of the molecule is CCCCCCCC/C=C\CCCCCCCC(=O)O.CCCCCCCC/C=C\CCCCCCCC(=O)O.CCCCCCCC/C=C\CCCCCCCC(=O)O.[H-].[Na+]. The zero-order chi connectivity index (χ0) is 44.7. The molecule has 0 unspecified atom stereocenters. The maximum absolute atomic E-state index is 10.3. The van der Waals surface area contributed by atoms with Gasteiger partial charge in [0.25, 0.3) is 0 Å². The molecule has 0 rings (SSSR count). The van der Waals surface area contributed by atoms with Crippen molar-refractivity contribution in [1.29, 1.82) is 0 Å². The summed E-state index contributed by atoms with van der Waals surface area (Å²) in [6.07, 6.45) is 63.7. The van der Waals surface area contributed by atoms with E-state index in [0.717, 1.165) is 38.5 Å². The predicted molar refractivity (Wildman–Crippen MR) is 262 cm³/mol. The number of allylic oxidation sites excluding steroid dienone is 6. The Bertz CT molecular complexity index is 834. The minimum Gasteiger partial charge on any atom is -1.00 e. The molecule has 0 aliphatic carbocycles. The molecule has 0 atom stereocenters. The van der Waals surface area contributed by atoms with E-state index >= 15 is 0 Å². The van der Waals surface area contributed by atoms with Crippen molar-refractivity contribution in [3.05, 3.63) is 36.5 Å². The van der Waals surface area contributed by atoms with Gasteiger partial charge in [0.2, 0.25) is 0 Å². The van der Waals surface area contributed by atoms with Crippen LogP contribution in [0.1, 0.15) is 292 Å². The van der Waals surface area contributed by atoms with Crippen LogP contribution in [0.5, 0.6) is 0 Å². The first-order valence-electron chi connectivity index (χ1n) is 25.9. The Labute approximate surface area is 403 Å². The van der Waals surface area contributed by atoms with Crippen molar-refractivity contribution in [3.63, 3.8) is 0 Å². The fourth-order valence-electron chi connectivity index (χ4n) is 7.04. The summed E-state index contributed by atoms with van der Waals surface area (Å²) in [4.78, 5) is 31.0. The normalized spacial score (nSPS) is 11.1. The van der Waals surface area contributed by atoms with Gasteiger partial charge in [-0.3, -0.25) is 14.4 Å². The second-order valence-corrected chi connectivity index (χ2v) is 17.2. The van der Waals surface area contributed by atoms with Gasteiger partial charge in [-0.25, -0.2) is 0 Å². The number of hydrogen-bond acceptors (Lipinski definition) is 3. The molecule has 0 aliphatic heterocycles. The van der Waals surface area contributed by atoms with Gasteiger partial charge < -0.3 is 16.7 Å². The van der Waals surface area contributed by atoms with Crippen LogP contribution in [0, 0.1) is 0 Å². The van der Waals surface area contributed by atoms with E-state index in [1.807, 2.05) is 0 Å². The number of unbranched alkanes of at least 4 members (excludes halogenated alkanes) is 33. The van der Waals surface area contributed by atoms with Crippen LogP contribution in [0.25, 0.3) is 0 Å². The summed E-state index contributed by atoms with van der Waals surface area (Å²) in [6.45, 7) is 6.78. The molecule has 0 spiro atoms. The third-order valence-electron chi connectivity index (χ3n) is 11.0. The molecular formula is C54H103NaO6. The minimum atomic E-state index is -0.664. The van der Waals surface area contributed by atoms with Crippen LogP contribution in [-0.4, -0.2) is 33.2 Å². The fraction of sp³-hybridized carbons (Fsp3) is 0.833. The van der Waals surface area contributed by atoms with E-state index in [-0.39, 0.29) is 31.0 Å². The quantitative estimate of drug-likeness (QED) is 0.0319. The van der Waals surface area contributed by atoms with Crippen LogP contribution >= 0.6 is 0 Å². The molecule has 0 aromatic heterocycles. The van der Waals surface area contributed by atoms with E-state index in [2.05, 4.69) is 57.2 Å². The standard InChI is InChI=1S/3C18H34O2.Na.H/c3*1-2-3-4-5-6-7-8-9-10-11-12-13-14-15-16-17-18(19)20;;/h3*9-10H,2-8,11-17H2,1H3,(H,19,20);;/q;;;+1;-1/b3*10-9-;;. The largest absolute Gasteiger partial charge is 1.00 e. The van der Waals surface area contributed by atoms with Gasteiger partial charge in [0.05, 0.1) is 0 Å². The first kappa shape index (κ1) is 66.2. The molecule has 0 aromatic rings. The van der Waals surface area contributed by atoms with Gasteiger partial charge >= 0.3 is 47.5 Å². The smallest absolute Gasteiger partial charge is 1.00 e. The Morgan fingerprint density at radius 1 is 0.279 bits per heavy atom. The molecule has 0 fully saturated rings. The molecule has 0 saturated heterocycles. The van der Waals surface area contributed by atoms with Crippen molar-refractivity contribution >= 4 is 17.9 Å². The van der Waals surface area contributed by atoms with Crippen molar-refractivity contribution in [1.82, 2.24) is 0 Å². The van der Waals surface area contributed by atoms with Crippen molar-refractivity contribution in [3.8, 4) is 0 Å². The Hall–Kier alpha value is -1.37. The summed E-state index contributed by atoms with van der Waals surface area (Å²) in [6, 6.07) is 0. The molecule has 3 N–H and O–H groups in total. The van der Waals surface area contributed by atoms with E-state index in [1.165, 1.54) is 212 Å². The summed E-state index contributed by atoms with van der Waals surface area (Å²) < 4.78 is 0. The van der Waals surface area contributed by atoms with Gasteiger partial charge in [-0.1, -0.05) is 211 Å². The van der Waals surface area contributed by atoms with Crippen LogP contribution in [0.4, 0.5) is 0 Å². The first-order valence-corrected chi connectivity index (χ1v) is 25.9. The van der Waals surface area contributed by atoms with Crippen LogP contribution < -0.4 is 29.6 Å². The first-order chi connectivity index (χ1) is 29.3. The molecule has 0 aromatic carbocycles. The van der Waals surface area contributed by atoms with Gasteiger partial charge in [0, 0.05) is 19.3 Å². The zero-order valence-corrected chi connectivity index (χ0v) is 43.2. The average molecular weight is 871 g/mol. The van der Waals surface area contributed by atoms with Crippen LogP contribution in [0.3, 0.4) is 0 Å². The Morgan fingerprint density at radius 3 is 0.590 bits per heavy atom. The maximum Gasteiger partial charge on any atom is 1.00 e. The minimum absolute atomic E-state index is 0. The molecular weight excluding hydrogens is 768 g/mol. The second kappa shape index (κ2) is 62.9. The van der Waals surface area contributed by atoms with E-state index < -0.39 is 17.9 Å². The van der Waals surface area contributed by atoms with Crippen LogP contribution in [-0.2, 0) is 14.4 Å². The molecule has 0 amide bonds. The summed E-state index contributed by atoms with van der Waals surface area (Å²) in [7, 11) is 0. The van der Waals surface area contributed by atoms with Crippen LogP contribution in [0.15, 0.2) is 36.5 Å². The average Bonchev–Trinajstić information content (AvgIpc) is 3.22.